The van der Waals surface area contributed by atoms with E-state index in [1.54, 1.807) is 4.90 Å². The molecule has 0 bridgehead atoms. The van der Waals surface area contributed by atoms with Crippen molar-refractivity contribution in [3.63, 3.8) is 0 Å². The Morgan fingerprint density at radius 1 is 1.32 bits per heavy atom. The largest absolute Gasteiger partial charge is 0.481 e. The number of nitrogens with zero attached hydrogens (tertiary/aromatic N) is 1. The van der Waals surface area contributed by atoms with Gasteiger partial charge in [-0.05, 0) is 31.6 Å². The predicted molar refractivity (Wildman–Crippen MR) is 69.7 cm³/mol. The number of likely N-dealkylation sites (tertiary alicyclic amines) is 1. The summed E-state index contributed by atoms with van der Waals surface area (Å²) in [6.45, 7) is 3.95. The zero-order valence-corrected chi connectivity index (χ0v) is 11.1. The van der Waals surface area contributed by atoms with Crippen LogP contribution in [-0.2, 0) is 9.53 Å². The number of carboxylic acid groups (broad SMARTS) is 1. The minimum Gasteiger partial charge on any atom is -0.481 e. The van der Waals surface area contributed by atoms with Crippen molar-refractivity contribution in [1.82, 2.24) is 4.90 Å². The van der Waals surface area contributed by atoms with E-state index in [2.05, 4.69) is 6.58 Å². The molecule has 2 aliphatic rings. The van der Waals surface area contributed by atoms with E-state index in [1.807, 2.05) is 0 Å². The minimum absolute atomic E-state index is 0.154. The summed E-state index contributed by atoms with van der Waals surface area (Å²) in [6.07, 6.45) is 6.02. The van der Waals surface area contributed by atoms with Gasteiger partial charge in [-0.25, -0.2) is 4.79 Å². The van der Waals surface area contributed by atoms with Crippen LogP contribution >= 0.6 is 0 Å². The van der Waals surface area contributed by atoms with E-state index in [4.69, 9.17) is 9.84 Å². The zero-order valence-electron chi connectivity index (χ0n) is 11.1. The van der Waals surface area contributed by atoms with Crippen LogP contribution in [0.4, 0.5) is 4.79 Å². The number of hydrogen-bond donors (Lipinski definition) is 1. The lowest BCUT2D eigenvalue weighted by atomic mass is 9.75. The van der Waals surface area contributed by atoms with Crippen molar-refractivity contribution in [1.29, 1.82) is 0 Å². The van der Waals surface area contributed by atoms with Crippen molar-refractivity contribution in [2.75, 3.05) is 13.2 Å². The van der Waals surface area contributed by atoms with E-state index in [0.717, 1.165) is 19.3 Å². The van der Waals surface area contributed by atoms with Crippen LogP contribution < -0.4 is 0 Å². The zero-order chi connectivity index (χ0) is 13.8. The lowest BCUT2D eigenvalue weighted by Crippen LogP contribution is -2.53. The normalized spacial score (nSPS) is 27.5. The highest BCUT2D eigenvalue weighted by atomic mass is 16.6. The Hall–Kier alpha value is -1.52. The lowest BCUT2D eigenvalue weighted by Gasteiger charge is -2.44. The monoisotopic (exact) mass is 267 g/mol. The smallest absolute Gasteiger partial charge is 0.410 e. The van der Waals surface area contributed by atoms with Gasteiger partial charge in [0.25, 0.3) is 0 Å². The molecule has 1 saturated carbocycles. The van der Waals surface area contributed by atoms with E-state index >= 15 is 0 Å². The number of carboxylic acids is 1. The molecule has 0 spiro atoms. The van der Waals surface area contributed by atoms with Crippen LogP contribution in [0.25, 0.3) is 0 Å². The third kappa shape index (κ3) is 3.08. The van der Waals surface area contributed by atoms with Crippen LogP contribution in [0.15, 0.2) is 12.7 Å². The fraction of sp³-hybridized carbons (Fsp3) is 0.714. The highest BCUT2D eigenvalue weighted by Crippen LogP contribution is 2.38. The van der Waals surface area contributed by atoms with E-state index in [0.29, 0.717) is 12.3 Å². The van der Waals surface area contributed by atoms with Gasteiger partial charge in [0.2, 0.25) is 0 Å². The van der Waals surface area contributed by atoms with Crippen molar-refractivity contribution in [3.8, 4) is 0 Å². The minimum atomic E-state index is -0.825. The molecule has 2 rings (SSSR count). The SMILES string of the molecule is C=CCOC(=O)N1C[C@H](C(=O)O)CC[C@H]1C1CCC1. The summed E-state index contributed by atoms with van der Waals surface area (Å²) in [5, 5.41) is 9.11. The van der Waals surface area contributed by atoms with Gasteiger partial charge < -0.3 is 14.7 Å². The number of rotatable bonds is 4. The molecule has 0 aromatic heterocycles. The van der Waals surface area contributed by atoms with Gasteiger partial charge in [-0.1, -0.05) is 19.1 Å². The lowest BCUT2D eigenvalue weighted by molar-refractivity contribution is -0.144. The van der Waals surface area contributed by atoms with Gasteiger partial charge in [-0.15, -0.1) is 0 Å². The predicted octanol–water partition coefficient (Wildman–Crippen LogP) is 2.27. The van der Waals surface area contributed by atoms with E-state index in [9.17, 15) is 9.59 Å². The van der Waals surface area contributed by atoms with Crippen molar-refractivity contribution in [2.45, 2.75) is 38.1 Å². The fourth-order valence-electron chi connectivity index (χ4n) is 2.93. The number of aliphatic carboxylic acids is 1. The summed E-state index contributed by atoms with van der Waals surface area (Å²) in [6, 6.07) is 0.154. The second kappa shape index (κ2) is 6.08. The van der Waals surface area contributed by atoms with Crippen LogP contribution in [0.3, 0.4) is 0 Å². The Morgan fingerprint density at radius 2 is 2.05 bits per heavy atom. The van der Waals surface area contributed by atoms with Gasteiger partial charge in [0.05, 0.1) is 5.92 Å². The third-order valence-corrected chi connectivity index (χ3v) is 4.23. The van der Waals surface area contributed by atoms with E-state index in [-0.39, 0.29) is 19.2 Å². The molecule has 1 heterocycles. The molecule has 0 aromatic carbocycles. The van der Waals surface area contributed by atoms with E-state index < -0.39 is 18.0 Å². The van der Waals surface area contributed by atoms with Crippen molar-refractivity contribution in [2.24, 2.45) is 11.8 Å². The Bertz CT molecular complexity index is 364. The van der Waals surface area contributed by atoms with Gasteiger partial charge in [0.15, 0.2) is 0 Å². The second-order valence-corrected chi connectivity index (χ2v) is 5.39. The van der Waals surface area contributed by atoms with Crippen LogP contribution in [0.2, 0.25) is 0 Å². The van der Waals surface area contributed by atoms with E-state index in [1.165, 1.54) is 12.5 Å². The molecular formula is C14H21NO4. The molecular weight excluding hydrogens is 246 g/mol. The standard InChI is InChI=1S/C14H21NO4/c1-2-8-19-14(18)15-9-11(13(16)17)6-7-12(15)10-4-3-5-10/h2,10-12H,1,3-9H2,(H,16,17)/t11-,12+/m1/s1. The van der Waals surface area contributed by atoms with Crippen molar-refractivity contribution < 1.29 is 19.4 Å². The molecule has 106 valence electrons. The summed E-state index contributed by atoms with van der Waals surface area (Å²) in [5.41, 5.74) is 0. The number of piperidine rings is 1. The summed E-state index contributed by atoms with van der Waals surface area (Å²) in [4.78, 5) is 24.8. The number of carbonyl (C=O) groups excluding carboxylic acids is 1. The summed E-state index contributed by atoms with van der Waals surface area (Å²) in [5.74, 6) is -0.771. The van der Waals surface area contributed by atoms with Gasteiger partial charge >= 0.3 is 12.1 Å². The molecule has 5 nitrogen and oxygen atoms in total. The molecule has 1 amide bonds. The highest BCUT2D eigenvalue weighted by molar-refractivity contribution is 5.73. The number of hydrogen-bond acceptors (Lipinski definition) is 3. The topological polar surface area (TPSA) is 66.8 Å². The average Bonchev–Trinajstić information content (AvgIpc) is 2.34. The molecule has 2 fully saturated rings. The van der Waals surface area contributed by atoms with Crippen LogP contribution in [0, 0.1) is 11.8 Å². The second-order valence-electron chi connectivity index (χ2n) is 5.39. The van der Waals surface area contributed by atoms with Crippen molar-refractivity contribution in [3.05, 3.63) is 12.7 Å². The number of carbonyl (C=O) groups is 2. The number of amides is 1. The molecule has 1 N–H and O–H groups in total. The van der Waals surface area contributed by atoms with Gasteiger partial charge in [0, 0.05) is 12.6 Å². The molecule has 2 atom stereocenters. The molecule has 5 heteroatoms. The first-order valence-electron chi connectivity index (χ1n) is 6.90. The molecule has 0 unspecified atom stereocenters. The first kappa shape index (κ1) is 13.9. The molecule has 0 radical (unpaired) electrons. The highest BCUT2D eigenvalue weighted by Gasteiger charge is 2.40. The molecule has 1 aliphatic heterocycles. The Labute approximate surface area is 113 Å². The maximum Gasteiger partial charge on any atom is 0.410 e. The summed E-state index contributed by atoms with van der Waals surface area (Å²) < 4.78 is 5.08. The molecule has 1 saturated heterocycles. The molecule has 1 aliphatic carbocycles. The summed E-state index contributed by atoms with van der Waals surface area (Å²) >= 11 is 0. The third-order valence-electron chi connectivity index (χ3n) is 4.23. The average molecular weight is 267 g/mol. The van der Waals surface area contributed by atoms with Gasteiger partial charge in [0.1, 0.15) is 6.61 Å². The van der Waals surface area contributed by atoms with Crippen LogP contribution in [0.5, 0.6) is 0 Å². The fourth-order valence-corrected chi connectivity index (χ4v) is 2.93. The Morgan fingerprint density at radius 3 is 2.58 bits per heavy atom. The van der Waals surface area contributed by atoms with Gasteiger partial charge in [-0.3, -0.25) is 4.79 Å². The maximum atomic E-state index is 12.0. The molecule has 0 aromatic rings. The van der Waals surface area contributed by atoms with Gasteiger partial charge in [-0.2, -0.15) is 0 Å². The maximum absolute atomic E-state index is 12.0. The van der Waals surface area contributed by atoms with Crippen LogP contribution in [0.1, 0.15) is 32.1 Å². The Kier molecular flexibility index (Phi) is 4.45. The van der Waals surface area contributed by atoms with Crippen LogP contribution in [-0.4, -0.2) is 41.3 Å². The molecule has 19 heavy (non-hydrogen) atoms. The first-order chi connectivity index (χ1) is 9.13. The first-order valence-corrected chi connectivity index (χ1v) is 6.90. The quantitative estimate of drug-likeness (QED) is 0.793. The van der Waals surface area contributed by atoms with Crippen molar-refractivity contribution >= 4 is 12.1 Å². The number of ether oxygens (including phenoxy) is 1. The Balaban J connectivity index is 2.03. The summed E-state index contributed by atoms with van der Waals surface area (Å²) in [7, 11) is 0.